The SMILES string of the molecule is C(=NN(c1ccccc1)c1ccccc1)c1ccccc1N(c1ccccc1)c1ccccc1. The number of anilines is 5. The fourth-order valence-electron chi connectivity index (χ4n) is 3.92. The number of hydrazone groups is 1. The highest BCUT2D eigenvalue weighted by Gasteiger charge is 2.15. The highest BCUT2D eigenvalue weighted by Crippen LogP contribution is 2.36. The van der Waals surface area contributed by atoms with Crippen molar-refractivity contribution in [2.24, 2.45) is 5.10 Å². The summed E-state index contributed by atoms with van der Waals surface area (Å²) >= 11 is 0. The third-order valence-corrected chi connectivity index (χ3v) is 5.52. The van der Waals surface area contributed by atoms with Crippen molar-refractivity contribution >= 4 is 34.7 Å². The van der Waals surface area contributed by atoms with Gasteiger partial charge in [0.25, 0.3) is 0 Å². The second-order valence-corrected chi connectivity index (χ2v) is 7.79. The standard InChI is InChI=1S/C31H25N3/c1-5-16-27(17-6-1)33(28-18-7-2-8-19-28)31-24-14-13-15-26(31)25-32-34(29-20-9-3-10-21-29)30-22-11-4-12-23-30/h1-25H. The molecule has 0 atom stereocenters. The largest absolute Gasteiger partial charge is 0.310 e. The highest BCUT2D eigenvalue weighted by atomic mass is 15.5. The summed E-state index contributed by atoms with van der Waals surface area (Å²) in [5.41, 5.74) is 6.28. The predicted molar refractivity (Wildman–Crippen MR) is 144 cm³/mol. The number of hydrogen-bond acceptors (Lipinski definition) is 3. The van der Waals surface area contributed by atoms with E-state index in [1.54, 1.807) is 0 Å². The van der Waals surface area contributed by atoms with Crippen LogP contribution in [0.25, 0.3) is 0 Å². The van der Waals surface area contributed by atoms with Gasteiger partial charge < -0.3 is 4.90 Å². The predicted octanol–water partition coefficient (Wildman–Crippen LogP) is 8.33. The van der Waals surface area contributed by atoms with E-state index in [9.17, 15) is 0 Å². The number of rotatable bonds is 7. The van der Waals surface area contributed by atoms with E-state index in [0.29, 0.717) is 0 Å². The highest BCUT2D eigenvalue weighted by molar-refractivity contribution is 5.93. The minimum Gasteiger partial charge on any atom is -0.310 e. The Bertz CT molecular complexity index is 1260. The third kappa shape index (κ3) is 4.74. The van der Waals surface area contributed by atoms with Gasteiger partial charge in [-0.2, -0.15) is 5.10 Å². The fraction of sp³-hybridized carbons (Fsp3) is 0. The van der Waals surface area contributed by atoms with Crippen molar-refractivity contribution in [2.75, 3.05) is 9.91 Å². The molecule has 0 N–H and O–H groups in total. The summed E-state index contributed by atoms with van der Waals surface area (Å²) in [5.74, 6) is 0. The molecule has 0 spiro atoms. The Morgan fingerprint density at radius 1 is 0.412 bits per heavy atom. The molecule has 0 aliphatic rings. The zero-order valence-corrected chi connectivity index (χ0v) is 18.8. The van der Waals surface area contributed by atoms with Crippen LogP contribution in [0.2, 0.25) is 0 Å². The first-order chi connectivity index (χ1) is 16.9. The van der Waals surface area contributed by atoms with Crippen LogP contribution in [0.1, 0.15) is 5.56 Å². The summed E-state index contributed by atoms with van der Waals surface area (Å²) in [6, 6.07) is 49.6. The van der Waals surface area contributed by atoms with Gasteiger partial charge in [0.05, 0.1) is 23.3 Å². The lowest BCUT2D eigenvalue weighted by atomic mass is 10.1. The van der Waals surface area contributed by atoms with E-state index < -0.39 is 0 Å². The van der Waals surface area contributed by atoms with Crippen molar-refractivity contribution in [3.05, 3.63) is 151 Å². The smallest absolute Gasteiger partial charge is 0.0652 e. The molecule has 0 bridgehead atoms. The van der Waals surface area contributed by atoms with E-state index in [-0.39, 0.29) is 0 Å². The number of benzene rings is 5. The quantitative estimate of drug-likeness (QED) is 0.187. The second kappa shape index (κ2) is 10.3. The van der Waals surface area contributed by atoms with Gasteiger partial charge in [-0.1, -0.05) is 91.0 Å². The van der Waals surface area contributed by atoms with E-state index in [1.165, 1.54) is 0 Å². The van der Waals surface area contributed by atoms with Gasteiger partial charge >= 0.3 is 0 Å². The molecule has 0 fully saturated rings. The van der Waals surface area contributed by atoms with Crippen LogP contribution >= 0.6 is 0 Å². The molecule has 34 heavy (non-hydrogen) atoms. The Kier molecular flexibility index (Phi) is 6.45. The molecule has 0 heterocycles. The zero-order chi connectivity index (χ0) is 23.0. The van der Waals surface area contributed by atoms with Gasteiger partial charge in [0.2, 0.25) is 0 Å². The normalized spacial score (nSPS) is 10.8. The molecule has 0 aromatic heterocycles. The molecule has 164 valence electrons. The molecule has 3 heteroatoms. The zero-order valence-electron chi connectivity index (χ0n) is 18.8. The van der Waals surface area contributed by atoms with Crippen molar-refractivity contribution in [1.82, 2.24) is 0 Å². The summed E-state index contributed by atoms with van der Waals surface area (Å²) in [6.07, 6.45) is 1.94. The van der Waals surface area contributed by atoms with Gasteiger partial charge in [0.1, 0.15) is 0 Å². The lowest BCUT2D eigenvalue weighted by Gasteiger charge is -2.27. The summed E-state index contributed by atoms with van der Waals surface area (Å²) in [5, 5.41) is 6.91. The first-order valence-corrected chi connectivity index (χ1v) is 11.3. The van der Waals surface area contributed by atoms with E-state index in [0.717, 1.165) is 34.0 Å². The van der Waals surface area contributed by atoms with Gasteiger partial charge in [-0.25, -0.2) is 5.01 Å². The minimum atomic E-state index is 1.01. The average Bonchev–Trinajstić information content (AvgIpc) is 2.92. The van der Waals surface area contributed by atoms with Crippen LogP contribution in [0.3, 0.4) is 0 Å². The lowest BCUT2D eigenvalue weighted by Crippen LogP contribution is -2.13. The molecular weight excluding hydrogens is 414 g/mol. The molecule has 0 amide bonds. The third-order valence-electron chi connectivity index (χ3n) is 5.52. The summed E-state index contributed by atoms with van der Waals surface area (Å²) in [7, 11) is 0. The maximum atomic E-state index is 4.95. The summed E-state index contributed by atoms with van der Waals surface area (Å²) in [4.78, 5) is 2.26. The van der Waals surface area contributed by atoms with Gasteiger partial charge in [-0.15, -0.1) is 0 Å². The lowest BCUT2D eigenvalue weighted by molar-refractivity contribution is 1.09. The topological polar surface area (TPSA) is 18.8 Å². The average molecular weight is 440 g/mol. The van der Waals surface area contributed by atoms with Crippen molar-refractivity contribution in [2.45, 2.75) is 0 Å². The van der Waals surface area contributed by atoms with Crippen molar-refractivity contribution in [3.8, 4) is 0 Å². The van der Waals surface area contributed by atoms with Crippen LogP contribution in [0, 0.1) is 0 Å². The van der Waals surface area contributed by atoms with Crippen LogP contribution < -0.4 is 9.91 Å². The minimum absolute atomic E-state index is 1.01. The monoisotopic (exact) mass is 439 g/mol. The van der Waals surface area contributed by atoms with E-state index >= 15 is 0 Å². The molecule has 0 unspecified atom stereocenters. The first kappa shape index (κ1) is 21.2. The number of para-hydroxylation sites is 5. The van der Waals surface area contributed by atoms with Crippen LogP contribution in [0.15, 0.2) is 151 Å². The molecule has 5 aromatic carbocycles. The van der Waals surface area contributed by atoms with Gasteiger partial charge in [-0.3, -0.25) is 0 Å². The summed E-state index contributed by atoms with van der Waals surface area (Å²) in [6.45, 7) is 0. The maximum Gasteiger partial charge on any atom is 0.0652 e. The number of nitrogens with zero attached hydrogens (tertiary/aromatic N) is 3. The van der Waals surface area contributed by atoms with Gasteiger partial charge in [-0.05, 0) is 54.6 Å². The van der Waals surface area contributed by atoms with Gasteiger partial charge in [0, 0.05) is 16.9 Å². The van der Waals surface area contributed by atoms with E-state index in [1.807, 2.05) is 65.8 Å². The molecule has 3 nitrogen and oxygen atoms in total. The van der Waals surface area contributed by atoms with Crippen LogP contribution in [0.5, 0.6) is 0 Å². The molecule has 5 rings (SSSR count). The Morgan fingerprint density at radius 3 is 1.26 bits per heavy atom. The van der Waals surface area contributed by atoms with Crippen molar-refractivity contribution in [1.29, 1.82) is 0 Å². The molecule has 0 aliphatic heterocycles. The molecule has 0 aliphatic carbocycles. The maximum absolute atomic E-state index is 4.95. The Labute approximate surface area is 200 Å². The van der Waals surface area contributed by atoms with Crippen molar-refractivity contribution < 1.29 is 0 Å². The van der Waals surface area contributed by atoms with Crippen molar-refractivity contribution in [3.63, 3.8) is 0 Å². The molecule has 0 radical (unpaired) electrons. The number of hydrogen-bond donors (Lipinski definition) is 0. The van der Waals surface area contributed by atoms with E-state index in [2.05, 4.69) is 95.9 Å². The molecule has 5 aromatic rings. The Balaban J connectivity index is 1.59. The van der Waals surface area contributed by atoms with Gasteiger partial charge in [0.15, 0.2) is 0 Å². The Morgan fingerprint density at radius 2 is 0.794 bits per heavy atom. The first-order valence-electron chi connectivity index (χ1n) is 11.3. The second-order valence-electron chi connectivity index (χ2n) is 7.79. The van der Waals surface area contributed by atoms with Crippen LogP contribution in [0.4, 0.5) is 28.4 Å². The molecule has 0 saturated carbocycles. The Hall–Kier alpha value is -4.63. The van der Waals surface area contributed by atoms with Crippen LogP contribution in [-0.2, 0) is 0 Å². The fourth-order valence-corrected chi connectivity index (χ4v) is 3.92. The molecule has 0 saturated heterocycles. The molecular formula is C31H25N3. The van der Waals surface area contributed by atoms with Crippen LogP contribution in [-0.4, -0.2) is 6.21 Å². The van der Waals surface area contributed by atoms with E-state index in [4.69, 9.17) is 5.10 Å². The summed E-state index contributed by atoms with van der Waals surface area (Å²) < 4.78 is 0.